The molecule has 1 atom stereocenters. The molecule has 0 spiro atoms. The van der Waals surface area contributed by atoms with Crippen molar-refractivity contribution in [2.45, 2.75) is 18.7 Å². The van der Waals surface area contributed by atoms with Gasteiger partial charge in [-0.3, -0.25) is 0 Å². The summed E-state index contributed by atoms with van der Waals surface area (Å²) in [6.07, 6.45) is 0.736. The molecule has 2 aromatic carbocycles. The number of hydrogen-bond donors (Lipinski definition) is 0. The average Bonchev–Trinajstić information content (AvgIpc) is 2.35. The molecule has 0 nitrogen and oxygen atoms in total. The molecule has 0 aliphatic rings. The second kappa shape index (κ2) is 5.85. The van der Waals surface area contributed by atoms with Crippen LogP contribution in [0.4, 0.5) is 4.39 Å². The number of alkyl halides is 1. The zero-order chi connectivity index (χ0) is 13.1. The van der Waals surface area contributed by atoms with E-state index in [2.05, 4.69) is 47.1 Å². The Balaban J connectivity index is 2.13. The molecule has 0 bridgehead atoms. The fraction of sp³-hybridized carbons (Fsp3) is 0.200. The summed E-state index contributed by atoms with van der Waals surface area (Å²) < 4.78 is 13.6. The zero-order valence-corrected chi connectivity index (χ0v) is 12.3. The molecule has 0 radical (unpaired) electrons. The van der Waals surface area contributed by atoms with Crippen molar-refractivity contribution in [3.63, 3.8) is 0 Å². The van der Waals surface area contributed by atoms with Gasteiger partial charge in [0.05, 0.1) is 9.85 Å². The molecule has 0 saturated carbocycles. The van der Waals surface area contributed by atoms with Crippen LogP contribution in [0.25, 0.3) is 0 Å². The second-order valence-corrected chi connectivity index (χ2v) is 5.71. The smallest absolute Gasteiger partial charge is 0.137 e. The van der Waals surface area contributed by atoms with Crippen LogP contribution in [0.1, 0.15) is 22.1 Å². The minimum atomic E-state index is -0.266. The Labute approximate surface area is 120 Å². The molecular formula is C15H13BrClF. The van der Waals surface area contributed by atoms with Crippen LogP contribution < -0.4 is 0 Å². The van der Waals surface area contributed by atoms with E-state index < -0.39 is 0 Å². The van der Waals surface area contributed by atoms with Gasteiger partial charge in [0.1, 0.15) is 5.82 Å². The summed E-state index contributed by atoms with van der Waals surface area (Å²) in [4.78, 5) is 0. The number of benzene rings is 2. The maximum Gasteiger partial charge on any atom is 0.137 e. The molecule has 0 saturated heterocycles. The maximum absolute atomic E-state index is 13.1. The van der Waals surface area contributed by atoms with Gasteiger partial charge in [0, 0.05) is 0 Å². The highest BCUT2D eigenvalue weighted by Crippen LogP contribution is 2.28. The Morgan fingerprint density at radius 2 is 1.83 bits per heavy atom. The van der Waals surface area contributed by atoms with Crippen LogP contribution in [-0.2, 0) is 6.42 Å². The SMILES string of the molecule is Cc1ccc(CC(Cl)c2ccc(F)c(Br)c2)cc1. The third-order valence-electron chi connectivity index (χ3n) is 2.84. The standard InChI is InChI=1S/C15H13BrClF/c1-10-2-4-11(5-3-10)8-14(17)12-6-7-15(18)13(16)9-12/h2-7,9,14H,8H2,1H3. The molecule has 94 valence electrons. The molecule has 3 heteroatoms. The first-order valence-electron chi connectivity index (χ1n) is 5.71. The number of aryl methyl sites for hydroxylation is 1. The van der Waals surface area contributed by atoms with Gasteiger partial charge in [-0.15, -0.1) is 11.6 Å². The Bertz CT molecular complexity index is 537. The van der Waals surface area contributed by atoms with Crippen molar-refractivity contribution in [2.24, 2.45) is 0 Å². The molecular weight excluding hydrogens is 315 g/mol. The van der Waals surface area contributed by atoms with Crippen LogP contribution in [-0.4, -0.2) is 0 Å². The normalized spacial score (nSPS) is 12.4. The van der Waals surface area contributed by atoms with E-state index in [1.807, 2.05) is 0 Å². The van der Waals surface area contributed by atoms with E-state index in [0.717, 1.165) is 12.0 Å². The van der Waals surface area contributed by atoms with Crippen LogP contribution in [0.3, 0.4) is 0 Å². The van der Waals surface area contributed by atoms with E-state index in [0.29, 0.717) is 4.47 Å². The topological polar surface area (TPSA) is 0 Å². The lowest BCUT2D eigenvalue weighted by Gasteiger charge is -2.11. The summed E-state index contributed by atoms with van der Waals surface area (Å²) in [5.41, 5.74) is 3.33. The van der Waals surface area contributed by atoms with Crippen LogP contribution >= 0.6 is 27.5 Å². The number of rotatable bonds is 3. The van der Waals surface area contributed by atoms with Gasteiger partial charge < -0.3 is 0 Å². The predicted octanol–water partition coefficient (Wildman–Crippen LogP) is 5.42. The van der Waals surface area contributed by atoms with Crippen molar-refractivity contribution in [3.05, 3.63) is 69.4 Å². The molecule has 0 aliphatic carbocycles. The summed E-state index contributed by atoms with van der Waals surface area (Å²) in [5.74, 6) is -0.266. The van der Waals surface area contributed by atoms with Gasteiger partial charge in [-0.2, -0.15) is 0 Å². The van der Waals surface area contributed by atoms with E-state index in [9.17, 15) is 4.39 Å². The predicted molar refractivity (Wildman–Crippen MR) is 77.6 cm³/mol. The van der Waals surface area contributed by atoms with Gasteiger partial charge in [-0.05, 0) is 52.5 Å². The van der Waals surface area contributed by atoms with Gasteiger partial charge in [-0.1, -0.05) is 35.9 Å². The first kappa shape index (κ1) is 13.6. The van der Waals surface area contributed by atoms with E-state index in [1.165, 1.54) is 17.2 Å². The summed E-state index contributed by atoms with van der Waals surface area (Å²) in [5, 5.41) is -0.149. The minimum absolute atomic E-state index is 0.149. The fourth-order valence-electron chi connectivity index (χ4n) is 1.76. The molecule has 0 heterocycles. The monoisotopic (exact) mass is 326 g/mol. The van der Waals surface area contributed by atoms with Gasteiger partial charge in [-0.25, -0.2) is 4.39 Å². The molecule has 2 rings (SSSR count). The average molecular weight is 328 g/mol. The van der Waals surface area contributed by atoms with Gasteiger partial charge in [0.15, 0.2) is 0 Å². The lowest BCUT2D eigenvalue weighted by molar-refractivity contribution is 0.620. The highest BCUT2D eigenvalue weighted by molar-refractivity contribution is 9.10. The largest absolute Gasteiger partial charge is 0.206 e. The molecule has 0 aromatic heterocycles. The van der Waals surface area contributed by atoms with Crippen LogP contribution in [0.2, 0.25) is 0 Å². The highest BCUT2D eigenvalue weighted by atomic mass is 79.9. The maximum atomic E-state index is 13.1. The molecule has 0 aliphatic heterocycles. The van der Waals surface area contributed by atoms with Crippen molar-refractivity contribution < 1.29 is 4.39 Å². The van der Waals surface area contributed by atoms with E-state index in [-0.39, 0.29) is 11.2 Å². The van der Waals surface area contributed by atoms with E-state index >= 15 is 0 Å². The van der Waals surface area contributed by atoms with Crippen molar-refractivity contribution >= 4 is 27.5 Å². The number of hydrogen-bond acceptors (Lipinski definition) is 0. The summed E-state index contributed by atoms with van der Waals surface area (Å²) >= 11 is 9.54. The van der Waals surface area contributed by atoms with Gasteiger partial charge >= 0.3 is 0 Å². The minimum Gasteiger partial charge on any atom is -0.206 e. The lowest BCUT2D eigenvalue weighted by atomic mass is 10.0. The van der Waals surface area contributed by atoms with Crippen LogP contribution in [0.15, 0.2) is 46.9 Å². The third-order valence-corrected chi connectivity index (χ3v) is 3.85. The van der Waals surface area contributed by atoms with Gasteiger partial charge in [0.2, 0.25) is 0 Å². The molecule has 0 N–H and O–H groups in total. The molecule has 0 amide bonds. The Morgan fingerprint density at radius 3 is 2.44 bits per heavy atom. The first-order valence-corrected chi connectivity index (χ1v) is 6.94. The Hall–Kier alpha value is -0.860. The van der Waals surface area contributed by atoms with Crippen molar-refractivity contribution in [2.75, 3.05) is 0 Å². The van der Waals surface area contributed by atoms with Crippen molar-refractivity contribution in [1.82, 2.24) is 0 Å². The highest BCUT2D eigenvalue weighted by Gasteiger charge is 2.11. The van der Waals surface area contributed by atoms with E-state index in [4.69, 9.17) is 11.6 Å². The quantitative estimate of drug-likeness (QED) is 0.660. The zero-order valence-electron chi connectivity index (χ0n) is 9.96. The van der Waals surface area contributed by atoms with Crippen molar-refractivity contribution in [3.8, 4) is 0 Å². The molecule has 18 heavy (non-hydrogen) atoms. The Morgan fingerprint density at radius 1 is 1.17 bits per heavy atom. The van der Waals surface area contributed by atoms with E-state index in [1.54, 1.807) is 12.1 Å². The van der Waals surface area contributed by atoms with Crippen molar-refractivity contribution in [1.29, 1.82) is 0 Å². The number of halogens is 3. The summed E-state index contributed by atoms with van der Waals surface area (Å²) in [7, 11) is 0. The van der Waals surface area contributed by atoms with Crippen LogP contribution in [0, 0.1) is 12.7 Å². The fourth-order valence-corrected chi connectivity index (χ4v) is 2.47. The third kappa shape index (κ3) is 3.33. The van der Waals surface area contributed by atoms with Gasteiger partial charge in [0.25, 0.3) is 0 Å². The summed E-state index contributed by atoms with van der Waals surface area (Å²) in [6.45, 7) is 2.05. The molecule has 0 fully saturated rings. The summed E-state index contributed by atoms with van der Waals surface area (Å²) in [6, 6.07) is 13.2. The molecule has 2 aromatic rings. The first-order chi connectivity index (χ1) is 8.56. The molecule has 1 unspecified atom stereocenters. The van der Waals surface area contributed by atoms with Crippen LogP contribution in [0.5, 0.6) is 0 Å². The second-order valence-electron chi connectivity index (χ2n) is 4.33. The Kier molecular flexibility index (Phi) is 4.41. The lowest BCUT2D eigenvalue weighted by Crippen LogP contribution is -1.96.